The molecule has 2 N–H and O–H groups in total. The van der Waals surface area contributed by atoms with E-state index < -0.39 is 0 Å². The highest BCUT2D eigenvalue weighted by molar-refractivity contribution is 5.25. The summed E-state index contributed by atoms with van der Waals surface area (Å²) < 4.78 is 0. The average molecular weight is 246 g/mol. The van der Waals surface area contributed by atoms with Crippen LogP contribution in [0, 0.1) is 0 Å². The molecule has 2 nitrogen and oxygen atoms in total. The lowest BCUT2D eigenvalue weighted by atomic mass is 9.95. The van der Waals surface area contributed by atoms with Crippen molar-refractivity contribution in [1.29, 1.82) is 0 Å². The fourth-order valence-electron chi connectivity index (χ4n) is 2.74. The van der Waals surface area contributed by atoms with E-state index in [-0.39, 0.29) is 5.54 Å². The van der Waals surface area contributed by atoms with Gasteiger partial charge in [0, 0.05) is 12.1 Å². The second-order valence-electron chi connectivity index (χ2n) is 6.32. The molecule has 0 saturated carbocycles. The van der Waals surface area contributed by atoms with Crippen molar-refractivity contribution in [1.82, 2.24) is 4.90 Å². The van der Waals surface area contributed by atoms with Crippen LogP contribution in [-0.4, -0.2) is 23.5 Å². The van der Waals surface area contributed by atoms with E-state index in [0.717, 1.165) is 13.0 Å². The predicted molar refractivity (Wildman–Crippen MR) is 77.5 cm³/mol. The van der Waals surface area contributed by atoms with E-state index in [2.05, 4.69) is 43.0 Å². The monoisotopic (exact) mass is 246 g/mol. The maximum atomic E-state index is 6.09. The van der Waals surface area contributed by atoms with Gasteiger partial charge in [0.05, 0.1) is 0 Å². The molecule has 0 bridgehead atoms. The second kappa shape index (κ2) is 5.85. The van der Waals surface area contributed by atoms with Crippen LogP contribution in [0.25, 0.3) is 0 Å². The Bertz CT molecular complexity index is 373. The predicted octanol–water partition coefficient (Wildman–Crippen LogP) is 2.95. The lowest BCUT2D eigenvalue weighted by molar-refractivity contribution is 0.221. The molecule has 2 rings (SSSR count). The smallest absolute Gasteiger partial charge is 0.0233 e. The van der Waals surface area contributed by atoms with Gasteiger partial charge >= 0.3 is 0 Å². The molecule has 1 aliphatic rings. The Morgan fingerprint density at radius 1 is 1.11 bits per heavy atom. The van der Waals surface area contributed by atoms with Crippen LogP contribution < -0.4 is 5.73 Å². The van der Waals surface area contributed by atoms with Gasteiger partial charge in [-0.15, -0.1) is 0 Å². The minimum atomic E-state index is -0.121. The number of rotatable bonds is 4. The maximum Gasteiger partial charge on any atom is 0.0233 e. The number of nitrogens with two attached hydrogens (primary N) is 1. The van der Waals surface area contributed by atoms with Gasteiger partial charge in [-0.3, -0.25) is 4.90 Å². The fraction of sp³-hybridized carbons (Fsp3) is 0.625. The maximum absolute atomic E-state index is 6.09. The molecule has 1 heterocycles. The van der Waals surface area contributed by atoms with Gasteiger partial charge in [0.2, 0.25) is 0 Å². The molecule has 0 amide bonds. The van der Waals surface area contributed by atoms with Crippen LogP contribution in [0.15, 0.2) is 24.3 Å². The van der Waals surface area contributed by atoms with E-state index in [1.54, 1.807) is 0 Å². The fourth-order valence-corrected chi connectivity index (χ4v) is 2.74. The zero-order valence-electron chi connectivity index (χ0n) is 11.8. The first-order valence-corrected chi connectivity index (χ1v) is 7.12. The van der Waals surface area contributed by atoms with Crippen molar-refractivity contribution in [3.8, 4) is 0 Å². The van der Waals surface area contributed by atoms with Gasteiger partial charge in [0.1, 0.15) is 0 Å². The summed E-state index contributed by atoms with van der Waals surface area (Å²) >= 11 is 0. The lowest BCUT2D eigenvalue weighted by Gasteiger charge is -2.26. The summed E-state index contributed by atoms with van der Waals surface area (Å²) in [7, 11) is 0. The Kier molecular flexibility index (Phi) is 4.41. The zero-order chi connectivity index (χ0) is 13.0. The third-order valence-electron chi connectivity index (χ3n) is 3.51. The van der Waals surface area contributed by atoms with E-state index in [1.807, 2.05) is 0 Å². The summed E-state index contributed by atoms with van der Waals surface area (Å²) in [4.78, 5) is 2.57. The van der Waals surface area contributed by atoms with Crippen molar-refractivity contribution < 1.29 is 0 Å². The van der Waals surface area contributed by atoms with E-state index in [0.29, 0.717) is 0 Å². The molecule has 1 aromatic rings. The van der Waals surface area contributed by atoms with Crippen molar-refractivity contribution in [3.63, 3.8) is 0 Å². The van der Waals surface area contributed by atoms with E-state index >= 15 is 0 Å². The number of nitrogens with zero attached hydrogens (tertiary/aromatic N) is 1. The molecule has 0 atom stereocenters. The van der Waals surface area contributed by atoms with Gasteiger partial charge in [-0.05, 0) is 57.3 Å². The van der Waals surface area contributed by atoms with Crippen molar-refractivity contribution in [2.45, 2.75) is 51.6 Å². The zero-order valence-corrected chi connectivity index (χ0v) is 11.8. The summed E-state index contributed by atoms with van der Waals surface area (Å²) in [6, 6.07) is 8.92. The molecule has 0 unspecified atom stereocenters. The first-order chi connectivity index (χ1) is 8.53. The summed E-state index contributed by atoms with van der Waals surface area (Å²) in [6.45, 7) is 7.78. The average Bonchev–Trinajstić information content (AvgIpc) is 2.28. The van der Waals surface area contributed by atoms with Gasteiger partial charge in [-0.25, -0.2) is 0 Å². The third kappa shape index (κ3) is 4.43. The number of piperidine rings is 1. The van der Waals surface area contributed by atoms with Gasteiger partial charge in [0.15, 0.2) is 0 Å². The first-order valence-electron chi connectivity index (χ1n) is 7.12. The standard InChI is InChI=1S/C16H26N2/c1-16(2,17)12-14-7-6-8-15(11-14)13-18-9-4-3-5-10-18/h6-8,11H,3-5,9-10,12-13,17H2,1-2H3. The molecule has 0 radical (unpaired) electrons. The normalized spacial score (nSPS) is 17.9. The summed E-state index contributed by atoms with van der Waals surface area (Å²) in [5.41, 5.74) is 8.76. The van der Waals surface area contributed by atoms with Crippen LogP contribution in [0.5, 0.6) is 0 Å². The molecule has 1 aliphatic heterocycles. The Morgan fingerprint density at radius 2 is 1.78 bits per heavy atom. The topological polar surface area (TPSA) is 29.3 Å². The lowest BCUT2D eigenvalue weighted by Crippen LogP contribution is -2.34. The molecule has 18 heavy (non-hydrogen) atoms. The summed E-state index contributed by atoms with van der Waals surface area (Å²) in [5.74, 6) is 0. The first kappa shape index (κ1) is 13.6. The van der Waals surface area contributed by atoms with Gasteiger partial charge in [-0.1, -0.05) is 30.7 Å². The summed E-state index contributed by atoms with van der Waals surface area (Å²) in [6.07, 6.45) is 5.06. The number of likely N-dealkylation sites (tertiary alicyclic amines) is 1. The van der Waals surface area contributed by atoms with E-state index in [1.165, 1.54) is 43.5 Å². The molecule has 2 heteroatoms. The summed E-state index contributed by atoms with van der Waals surface area (Å²) in [5, 5.41) is 0. The van der Waals surface area contributed by atoms with E-state index in [4.69, 9.17) is 5.73 Å². The van der Waals surface area contributed by atoms with Gasteiger partial charge < -0.3 is 5.73 Å². The number of benzene rings is 1. The quantitative estimate of drug-likeness (QED) is 0.885. The van der Waals surface area contributed by atoms with Crippen molar-refractivity contribution in [3.05, 3.63) is 35.4 Å². The van der Waals surface area contributed by atoms with Crippen molar-refractivity contribution in [2.75, 3.05) is 13.1 Å². The van der Waals surface area contributed by atoms with Crippen molar-refractivity contribution >= 4 is 0 Å². The Morgan fingerprint density at radius 3 is 2.44 bits per heavy atom. The minimum absolute atomic E-state index is 0.121. The Balaban J connectivity index is 1.98. The van der Waals surface area contributed by atoms with Crippen LogP contribution in [-0.2, 0) is 13.0 Å². The van der Waals surface area contributed by atoms with Crippen LogP contribution >= 0.6 is 0 Å². The number of hydrogen-bond acceptors (Lipinski definition) is 2. The second-order valence-corrected chi connectivity index (χ2v) is 6.32. The molecule has 100 valence electrons. The largest absolute Gasteiger partial charge is 0.325 e. The molecule has 0 aromatic heterocycles. The van der Waals surface area contributed by atoms with E-state index in [9.17, 15) is 0 Å². The highest BCUT2D eigenvalue weighted by Gasteiger charge is 2.13. The highest BCUT2D eigenvalue weighted by atomic mass is 15.1. The molecular weight excluding hydrogens is 220 g/mol. The van der Waals surface area contributed by atoms with Crippen LogP contribution in [0.3, 0.4) is 0 Å². The SMILES string of the molecule is CC(C)(N)Cc1cccc(CN2CCCCC2)c1. The third-order valence-corrected chi connectivity index (χ3v) is 3.51. The van der Waals surface area contributed by atoms with Gasteiger partial charge in [-0.2, -0.15) is 0 Å². The van der Waals surface area contributed by atoms with Crippen LogP contribution in [0.1, 0.15) is 44.2 Å². The minimum Gasteiger partial charge on any atom is -0.325 e. The number of hydrogen-bond donors (Lipinski definition) is 1. The molecule has 0 aliphatic carbocycles. The van der Waals surface area contributed by atoms with Gasteiger partial charge in [0.25, 0.3) is 0 Å². The molecule has 1 fully saturated rings. The van der Waals surface area contributed by atoms with Crippen LogP contribution in [0.4, 0.5) is 0 Å². The Hall–Kier alpha value is -0.860. The molecule has 0 spiro atoms. The molecule has 1 aromatic carbocycles. The van der Waals surface area contributed by atoms with Crippen LogP contribution in [0.2, 0.25) is 0 Å². The van der Waals surface area contributed by atoms with Crippen molar-refractivity contribution in [2.24, 2.45) is 5.73 Å². The Labute approximate surface area is 111 Å². The highest BCUT2D eigenvalue weighted by Crippen LogP contribution is 2.16. The molecular formula is C16H26N2. The molecule has 1 saturated heterocycles.